The number of hydrogen-bond donors (Lipinski definition) is 9. The molecule has 0 aliphatic carbocycles. The number of aliphatic hydroxyl groups is 4. The van der Waals surface area contributed by atoms with Crippen molar-refractivity contribution in [3.05, 3.63) is 42.7 Å². The first-order chi connectivity index (χ1) is 26.0. The van der Waals surface area contributed by atoms with Crippen LogP contribution in [0.5, 0.6) is 0 Å². The molecule has 10 atom stereocenters. The van der Waals surface area contributed by atoms with E-state index in [-0.39, 0.29) is 50.0 Å². The number of fused-ring (bicyclic) bond motifs is 1. The smallest absolute Gasteiger partial charge is 0.396 e. The molecule has 26 heteroatoms. The first kappa shape index (κ1) is 42.5. The van der Waals surface area contributed by atoms with Gasteiger partial charge in [-0.25, -0.2) is 35.5 Å². The zero-order valence-electron chi connectivity index (χ0n) is 28.7. The fraction of sp³-hybridized carbons (Fsp3) is 0.643. The molecule has 2 aliphatic rings. The first-order valence-corrected chi connectivity index (χ1v) is 19.6. The molecule has 0 amide bonds. The number of pyridine rings is 1. The molecule has 11 N–H and O–H groups in total. The number of rotatable bonds is 22. The molecule has 0 radical (unpaired) electrons. The van der Waals surface area contributed by atoms with Gasteiger partial charge in [0.05, 0.1) is 71.2 Å². The molecular formula is C28H45N8O16P2+. The van der Waals surface area contributed by atoms with Crippen molar-refractivity contribution >= 4 is 32.6 Å². The van der Waals surface area contributed by atoms with Crippen LogP contribution in [-0.4, -0.2) is 122 Å². The van der Waals surface area contributed by atoms with E-state index in [1.165, 1.54) is 21.8 Å². The molecule has 10 unspecified atom stereocenters. The second-order valence-corrected chi connectivity index (χ2v) is 15.1. The van der Waals surface area contributed by atoms with Crippen LogP contribution in [-0.2, 0) is 52.9 Å². The highest BCUT2D eigenvalue weighted by Crippen LogP contribution is 2.62. The maximum atomic E-state index is 13.0. The summed E-state index contributed by atoms with van der Waals surface area (Å²) in [6, 6.07) is 3.41. The normalized spacial score (nSPS) is 28.0. The van der Waals surface area contributed by atoms with Gasteiger partial charge in [0, 0.05) is 42.5 Å². The van der Waals surface area contributed by atoms with Crippen molar-refractivity contribution in [2.75, 3.05) is 64.9 Å². The molecule has 5 rings (SSSR count). The van der Waals surface area contributed by atoms with Crippen LogP contribution in [0.4, 0.5) is 5.82 Å². The van der Waals surface area contributed by atoms with Crippen molar-refractivity contribution in [3.63, 3.8) is 0 Å². The van der Waals surface area contributed by atoms with Gasteiger partial charge in [-0.1, -0.05) is 0 Å². The number of aromatic nitrogens is 5. The average Bonchev–Trinajstić information content (AvgIpc) is 3.85. The van der Waals surface area contributed by atoms with E-state index < -0.39 is 97.2 Å². The van der Waals surface area contributed by atoms with E-state index in [1.54, 1.807) is 24.5 Å². The molecule has 0 bridgehead atoms. The van der Waals surface area contributed by atoms with Crippen molar-refractivity contribution in [2.24, 2.45) is 35.3 Å². The highest BCUT2D eigenvalue weighted by atomic mass is 31.3. The van der Waals surface area contributed by atoms with Crippen molar-refractivity contribution in [3.8, 4) is 0 Å². The number of nitrogens with zero attached hydrogens (tertiary/aromatic N) is 5. The van der Waals surface area contributed by atoms with E-state index in [1.807, 2.05) is 0 Å². The van der Waals surface area contributed by atoms with Crippen molar-refractivity contribution < 1.29 is 81.2 Å². The van der Waals surface area contributed by atoms with Crippen LogP contribution >= 0.6 is 15.6 Å². The van der Waals surface area contributed by atoms with Crippen LogP contribution in [0.25, 0.3) is 11.2 Å². The lowest BCUT2D eigenvalue weighted by Crippen LogP contribution is -2.44. The minimum atomic E-state index is -5.46. The van der Waals surface area contributed by atoms with Gasteiger partial charge < -0.3 is 50.3 Å². The molecule has 3 aromatic rings. The molecule has 54 heavy (non-hydrogen) atoms. The Morgan fingerprint density at radius 3 is 2.37 bits per heavy atom. The molecule has 2 saturated heterocycles. The predicted molar refractivity (Wildman–Crippen MR) is 178 cm³/mol. The third-order valence-electron chi connectivity index (χ3n) is 8.83. The molecule has 2 fully saturated rings. The fourth-order valence-electron chi connectivity index (χ4n) is 6.21. The summed E-state index contributed by atoms with van der Waals surface area (Å²) in [6.45, 7) is -1.96. The van der Waals surface area contributed by atoms with Gasteiger partial charge in [-0.05, 0) is 6.07 Å². The lowest BCUT2D eigenvalue weighted by molar-refractivity contribution is -0.767. The van der Waals surface area contributed by atoms with Gasteiger partial charge >= 0.3 is 15.6 Å². The van der Waals surface area contributed by atoms with Crippen LogP contribution in [0.15, 0.2) is 37.2 Å². The zero-order valence-corrected chi connectivity index (χ0v) is 30.5. The molecule has 2 aliphatic heterocycles. The summed E-state index contributed by atoms with van der Waals surface area (Å²) in [5.74, 6) is 1.56. The number of nitrogens with one attached hydrogen (secondary N) is 1. The molecule has 3 aromatic heterocycles. The zero-order chi connectivity index (χ0) is 38.9. The van der Waals surface area contributed by atoms with Crippen LogP contribution in [0, 0.1) is 23.7 Å². The van der Waals surface area contributed by atoms with Crippen LogP contribution in [0.2, 0.25) is 0 Å². The van der Waals surface area contributed by atoms with Crippen LogP contribution in [0.1, 0.15) is 18.0 Å². The Balaban J connectivity index is 1.22. The van der Waals surface area contributed by atoms with E-state index >= 15 is 0 Å². The second kappa shape index (κ2) is 19.5. The van der Waals surface area contributed by atoms with Crippen LogP contribution in [0.3, 0.4) is 0 Å². The minimum absolute atomic E-state index is 0.136. The molecule has 5 heterocycles. The van der Waals surface area contributed by atoms with Gasteiger partial charge in [0.2, 0.25) is 0 Å². The lowest BCUT2D eigenvalue weighted by Gasteiger charge is -2.23. The van der Waals surface area contributed by atoms with Crippen molar-refractivity contribution in [1.29, 1.82) is 0 Å². The van der Waals surface area contributed by atoms with Crippen molar-refractivity contribution in [1.82, 2.24) is 19.5 Å². The number of phosphoric ester groups is 2. The van der Waals surface area contributed by atoms with Gasteiger partial charge in [0.25, 0.3) is 6.23 Å². The summed E-state index contributed by atoms with van der Waals surface area (Å²) in [6.07, 6.45) is 0.974. The maximum absolute atomic E-state index is 13.0. The Morgan fingerprint density at radius 2 is 1.67 bits per heavy atom. The third-order valence-corrected chi connectivity index (χ3v) is 11.4. The second-order valence-electron chi connectivity index (χ2n) is 12.1. The largest absolute Gasteiger partial charge is 0.483 e. The van der Waals surface area contributed by atoms with E-state index in [4.69, 9.17) is 39.7 Å². The number of phosphoric acid groups is 2. The Kier molecular flexibility index (Phi) is 15.3. The SMILES string of the molecule is NCc1ccc[n+](C2OC(OP(=O)(O)OP(=O)(O)OCC3OC(n4cnc5c(NOCCOCCON)ncnc54)C(CO)C3CO)C(CO)C2CO)c1. The van der Waals surface area contributed by atoms with E-state index in [0.717, 1.165) is 0 Å². The summed E-state index contributed by atoms with van der Waals surface area (Å²) in [5, 5.41) is 40.6. The van der Waals surface area contributed by atoms with Crippen molar-refractivity contribution in [2.45, 2.75) is 31.4 Å². The molecule has 0 saturated carbocycles. The summed E-state index contributed by atoms with van der Waals surface area (Å²) >= 11 is 0. The fourth-order valence-corrected chi connectivity index (χ4v) is 8.40. The Bertz CT molecular complexity index is 1750. The highest BCUT2D eigenvalue weighted by molar-refractivity contribution is 7.61. The van der Waals surface area contributed by atoms with E-state index in [0.29, 0.717) is 5.56 Å². The third kappa shape index (κ3) is 10.2. The monoisotopic (exact) mass is 811 g/mol. The number of anilines is 1. The van der Waals surface area contributed by atoms with Gasteiger partial charge in [-0.15, -0.1) is 0 Å². The Hall–Kier alpha value is -2.68. The quantitative estimate of drug-likeness (QED) is 0.0228. The van der Waals surface area contributed by atoms with E-state index in [2.05, 4.69) is 29.6 Å². The number of aliphatic hydroxyl groups excluding tert-OH is 4. The van der Waals surface area contributed by atoms with Gasteiger partial charge in [-0.2, -0.15) is 8.88 Å². The first-order valence-electron chi connectivity index (χ1n) is 16.6. The molecular weight excluding hydrogens is 766 g/mol. The topological polar surface area (TPSA) is 341 Å². The number of hydrogen-bond acceptors (Lipinski definition) is 20. The van der Waals surface area contributed by atoms with E-state index in [9.17, 15) is 39.3 Å². The molecule has 24 nitrogen and oxygen atoms in total. The van der Waals surface area contributed by atoms with Gasteiger partial charge in [0.15, 0.2) is 35.7 Å². The Morgan fingerprint density at radius 1 is 0.926 bits per heavy atom. The van der Waals surface area contributed by atoms with Gasteiger partial charge in [-0.3, -0.25) is 23.2 Å². The summed E-state index contributed by atoms with van der Waals surface area (Å²) in [5.41, 5.74) is 9.59. The summed E-state index contributed by atoms with van der Waals surface area (Å²) < 4.78 is 60.7. The van der Waals surface area contributed by atoms with Gasteiger partial charge in [0.1, 0.15) is 12.6 Å². The summed E-state index contributed by atoms with van der Waals surface area (Å²) in [4.78, 5) is 43.4. The number of ether oxygens (including phenoxy) is 3. The molecule has 0 aromatic carbocycles. The number of imidazole rings is 1. The number of nitrogens with two attached hydrogens (primary N) is 2. The average molecular weight is 812 g/mol. The minimum Gasteiger partial charge on any atom is -0.396 e. The summed E-state index contributed by atoms with van der Waals surface area (Å²) in [7, 11) is -10.9. The van der Waals surface area contributed by atoms with Crippen LogP contribution < -0.4 is 21.7 Å². The lowest BCUT2D eigenvalue weighted by atomic mass is 9.91. The highest BCUT2D eigenvalue weighted by Gasteiger charge is 2.53. The molecule has 302 valence electrons. The molecule has 0 spiro atoms. The Labute approximate surface area is 307 Å². The predicted octanol–water partition coefficient (Wildman–Crippen LogP) is -2.04. The maximum Gasteiger partial charge on any atom is 0.483 e. The standard InChI is InChI=1S/C28H44N8O16P2/c29-8-17-2-1-3-35(9-17)26-20(12-39)21(13-40)28(50-26)51-54(43,44)52-53(41,42)48-14-22-18(10-37)19(11-38)27(49-22)36-16-33-23-24(31-15-32-25(23)36)34-47-7-5-45-4-6-46-30/h1-3,9,15-16,18-22,26-28,37-40H,4-8,10-14,29-30H2,(H2-,31,32,34,41,42,43,44)/p+1.